The highest BCUT2D eigenvalue weighted by molar-refractivity contribution is 6.01. The molecule has 1 fully saturated rings. The maximum absolute atomic E-state index is 11.5. The standard InChI is InChI=1S/C25H22N3O5/c1-31-25(19-10-6-3-7-11-19)16-32-17-27(25)23-13-12-20(28(29)30)14-21(23)24-26-22(15-33-24)18-8-4-2-5-9-18/h2-14,17,22H,15-16H2,1H3/t22-,25-/m0/s1. The van der Waals surface area contributed by atoms with Gasteiger partial charge in [0.2, 0.25) is 5.90 Å². The molecular weight excluding hydrogens is 422 g/mol. The molecule has 3 aromatic rings. The summed E-state index contributed by atoms with van der Waals surface area (Å²) < 4.78 is 17.7. The van der Waals surface area contributed by atoms with Gasteiger partial charge in [-0.15, -0.1) is 0 Å². The van der Waals surface area contributed by atoms with Crippen LogP contribution in [0.2, 0.25) is 0 Å². The summed E-state index contributed by atoms with van der Waals surface area (Å²) >= 11 is 0. The summed E-state index contributed by atoms with van der Waals surface area (Å²) in [6.45, 7) is 2.19. The third kappa shape index (κ3) is 3.73. The maximum atomic E-state index is 11.5. The molecule has 2 aliphatic heterocycles. The lowest BCUT2D eigenvalue weighted by molar-refractivity contribution is -0.384. The van der Waals surface area contributed by atoms with E-state index in [1.165, 1.54) is 12.1 Å². The van der Waals surface area contributed by atoms with Gasteiger partial charge in [-0.2, -0.15) is 0 Å². The first-order valence-electron chi connectivity index (χ1n) is 10.5. The lowest BCUT2D eigenvalue weighted by Gasteiger charge is -2.37. The summed E-state index contributed by atoms with van der Waals surface area (Å²) in [6, 6.07) is 24.0. The van der Waals surface area contributed by atoms with Gasteiger partial charge in [0.1, 0.15) is 19.3 Å². The number of hydrogen-bond donors (Lipinski definition) is 0. The third-order valence-electron chi connectivity index (χ3n) is 5.93. The predicted octanol–water partition coefficient (Wildman–Crippen LogP) is 4.57. The Morgan fingerprint density at radius 1 is 1.09 bits per heavy atom. The van der Waals surface area contributed by atoms with E-state index in [0.717, 1.165) is 11.1 Å². The molecule has 0 amide bonds. The number of ether oxygens (including phenoxy) is 3. The van der Waals surface area contributed by atoms with Crippen LogP contribution in [0.15, 0.2) is 83.9 Å². The van der Waals surface area contributed by atoms with E-state index in [2.05, 4.69) is 0 Å². The number of nitro benzene ring substituents is 1. The van der Waals surface area contributed by atoms with Crippen LogP contribution in [0.1, 0.15) is 22.7 Å². The second-order valence-corrected chi connectivity index (χ2v) is 7.77. The fourth-order valence-electron chi connectivity index (χ4n) is 4.21. The average Bonchev–Trinajstić information content (AvgIpc) is 3.53. The Hall–Kier alpha value is -3.75. The van der Waals surface area contributed by atoms with Gasteiger partial charge < -0.3 is 19.1 Å². The molecule has 0 saturated carbocycles. The van der Waals surface area contributed by atoms with Crippen LogP contribution >= 0.6 is 0 Å². The Kier molecular flexibility index (Phi) is 5.53. The van der Waals surface area contributed by atoms with Crippen molar-refractivity contribution in [2.24, 2.45) is 4.99 Å². The zero-order chi connectivity index (χ0) is 22.8. The molecule has 0 unspecified atom stereocenters. The number of nitrogens with zero attached hydrogens (tertiary/aromatic N) is 3. The van der Waals surface area contributed by atoms with Crippen LogP contribution in [0.25, 0.3) is 0 Å². The maximum Gasteiger partial charge on any atom is 0.270 e. The molecule has 2 heterocycles. The SMILES string of the molecule is CO[C@]1(c2ccccc2)CO[CH]N1c1ccc([N+](=O)[O-])cc1C1=N[C@H](c2ccccc2)CO1. The van der Waals surface area contributed by atoms with E-state index in [-0.39, 0.29) is 18.3 Å². The highest BCUT2D eigenvalue weighted by Crippen LogP contribution is 2.43. The van der Waals surface area contributed by atoms with Crippen molar-refractivity contribution in [3.63, 3.8) is 0 Å². The number of rotatable bonds is 6. The monoisotopic (exact) mass is 444 g/mol. The second kappa shape index (κ2) is 8.65. The average molecular weight is 444 g/mol. The van der Waals surface area contributed by atoms with Crippen molar-refractivity contribution in [1.29, 1.82) is 0 Å². The summed E-state index contributed by atoms with van der Waals surface area (Å²) in [6.07, 6.45) is 0. The third-order valence-corrected chi connectivity index (χ3v) is 5.93. The van der Waals surface area contributed by atoms with E-state index in [0.29, 0.717) is 23.8 Å². The first kappa shape index (κ1) is 21.1. The van der Waals surface area contributed by atoms with Gasteiger partial charge in [-0.3, -0.25) is 10.1 Å². The molecule has 2 aliphatic rings. The molecule has 5 rings (SSSR count). The molecule has 33 heavy (non-hydrogen) atoms. The quantitative estimate of drug-likeness (QED) is 0.409. The highest BCUT2D eigenvalue weighted by Gasteiger charge is 2.46. The van der Waals surface area contributed by atoms with Crippen LogP contribution in [0.5, 0.6) is 0 Å². The lowest BCUT2D eigenvalue weighted by Crippen LogP contribution is -2.44. The molecule has 8 nitrogen and oxygen atoms in total. The lowest BCUT2D eigenvalue weighted by atomic mass is 10.00. The summed E-state index contributed by atoms with van der Waals surface area (Å²) in [4.78, 5) is 17.7. The Morgan fingerprint density at radius 2 is 1.82 bits per heavy atom. The van der Waals surface area contributed by atoms with Crippen molar-refractivity contribution >= 4 is 17.3 Å². The highest BCUT2D eigenvalue weighted by atomic mass is 16.6. The summed E-state index contributed by atoms with van der Waals surface area (Å²) in [5.41, 5.74) is 2.06. The van der Waals surface area contributed by atoms with Crippen molar-refractivity contribution in [2.45, 2.75) is 11.8 Å². The summed E-state index contributed by atoms with van der Waals surface area (Å²) in [7, 11) is 1.61. The molecular formula is C25H22N3O5. The molecule has 0 aliphatic carbocycles. The number of aliphatic imine (C=N–C) groups is 1. The van der Waals surface area contributed by atoms with Crippen molar-refractivity contribution in [3.8, 4) is 0 Å². The number of methoxy groups -OCH3 is 1. The second-order valence-electron chi connectivity index (χ2n) is 7.77. The van der Waals surface area contributed by atoms with Gasteiger partial charge in [0.05, 0.1) is 16.2 Å². The van der Waals surface area contributed by atoms with Crippen LogP contribution in [0, 0.1) is 16.8 Å². The number of non-ortho nitro benzene ring substituents is 1. The topological polar surface area (TPSA) is 86.4 Å². The van der Waals surface area contributed by atoms with Gasteiger partial charge in [-0.1, -0.05) is 60.7 Å². The van der Waals surface area contributed by atoms with Crippen LogP contribution in [0.4, 0.5) is 11.4 Å². The summed E-state index contributed by atoms with van der Waals surface area (Å²) in [5, 5.41) is 11.5. The number of anilines is 1. The van der Waals surface area contributed by atoms with Crippen LogP contribution in [0.3, 0.4) is 0 Å². The van der Waals surface area contributed by atoms with E-state index < -0.39 is 10.6 Å². The van der Waals surface area contributed by atoms with E-state index in [1.807, 2.05) is 65.6 Å². The fraction of sp³-hybridized carbons (Fsp3) is 0.200. The van der Waals surface area contributed by atoms with E-state index >= 15 is 0 Å². The first-order chi connectivity index (χ1) is 16.1. The molecule has 3 aromatic carbocycles. The summed E-state index contributed by atoms with van der Waals surface area (Å²) in [5.74, 6) is 0.348. The molecule has 0 spiro atoms. The van der Waals surface area contributed by atoms with Crippen molar-refractivity contribution in [1.82, 2.24) is 0 Å². The van der Waals surface area contributed by atoms with Crippen molar-refractivity contribution in [3.05, 3.63) is 112 Å². The van der Waals surface area contributed by atoms with Gasteiger partial charge in [-0.25, -0.2) is 4.99 Å². The van der Waals surface area contributed by atoms with Crippen LogP contribution in [-0.4, -0.2) is 31.1 Å². The van der Waals surface area contributed by atoms with Gasteiger partial charge in [0.15, 0.2) is 12.5 Å². The van der Waals surface area contributed by atoms with Gasteiger partial charge >= 0.3 is 0 Å². The minimum Gasteiger partial charge on any atom is -0.475 e. The molecule has 0 N–H and O–H groups in total. The molecule has 1 saturated heterocycles. The Bertz CT molecular complexity index is 1190. The zero-order valence-corrected chi connectivity index (χ0v) is 18.0. The molecule has 2 atom stereocenters. The smallest absolute Gasteiger partial charge is 0.270 e. The molecule has 0 aromatic heterocycles. The van der Waals surface area contributed by atoms with E-state index in [1.54, 1.807) is 19.9 Å². The number of hydrogen-bond acceptors (Lipinski definition) is 7. The first-order valence-corrected chi connectivity index (χ1v) is 10.5. The molecule has 1 radical (unpaired) electrons. The zero-order valence-electron chi connectivity index (χ0n) is 18.0. The van der Waals surface area contributed by atoms with Gasteiger partial charge in [0.25, 0.3) is 5.69 Å². The van der Waals surface area contributed by atoms with Crippen molar-refractivity contribution < 1.29 is 19.1 Å². The van der Waals surface area contributed by atoms with Crippen LogP contribution in [-0.2, 0) is 19.9 Å². The molecule has 0 bridgehead atoms. The Morgan fingerprint density at radius 3 is 2.52 bits per heavy atom. The predicted molar refractivity (Wildman–Crippen MR) is 123 cm³/mol. The van der Waals surface area contributed by atoms with Crippen molar-refractivity contribution in [2.75, 3.05) is 25.2 Å². The van der Waals surface area contributed by atoms with Gasteiger partial charge in [0, 0.05) is 24.8 Å². The molecule has 167 valence electrons. The minimum atomic E-state index is -0.940. The normalized spacial score (nSPS) is 22.2. The molecule has 8 heteroatoms. The number of nitro groups is 1. The fourth-order valence-corrected chi connectivity index (χ4v) is 4.21. The Balaban J connectivity index is 1.61. The largest absolute Gasteiger partial charge is 0.475 e. The number of benzene rings is 3. The van der Waals surface area contributed by atoms with Crippen LogP contribution < -0.4 is 4.90 Å². The minimum absolute atomic E-state index is 0.0499. The Labute approximate surface area is 191 Å². The van der Waals surface area contributed by atoms with E-state index in [9.17, 15) is 10.1 Å². The van der Waals surface area contributed by atoms with E-state index in [4.69, 9.17) is 19.2 Å². The van der Waals surface area contributed by atoms with Gasteiger partial charge in [-0.05, 0) is 11.6 Å².